The third-order valence-corrected chi connectivity index (χ3v) is 2.83. The number of carboxylic acids is 1. The van der Waals surface area contributed by atoms with Crippen molar-refractivity contribution in [1.29, 1.82) is 0 Å². The Morgan fingerprint density at radius 2 is 2.25 bits per heavy atom. The average molecular weight is 282 g/mol. The maximum absolute atomic E-state index is 11.0. The fourth-order valence-electron chi connectivity index (χ4n) is 1.81. The predicted molar refractivity (Wildman–Crippen MR) is 74.2 cm³/mol. The summed E-state index contributed by atoms with van der Waals surface area (Å²) in [4.78, 5) is 21.0. The molecule has 0 aromatic heterocycles. The summed E-state index contributed by atoms with van der Waals surface area (Å²) in [5.41, 5.74) is 0.341. The number of rotatable bonds is 8. The van der Waals surface area contributed by atoms with E-state index in [9.17, 15) is 14.9 Å². The molecule has 0 fully saturated rings. The van der Waals surface area contributed by atoms with Gasteiger partial charge in [-0.05, 0) is 31.9 Å². The van der Waals surface area contributed by atoms with Gasteiger partial charge >= 0.3 is 5.97 Å². The number of aliphatic carboxylic acids is 1. The van der Waals surface area contributed by atoms with Gasteiger partial charge in [0.05, 0.1) is 18.1 Å². The van der Waals surface area contributed by atoms with Crippen LogP contribution in [-0.4, -0.2) is 29.2 Å². The second kappa shape index (κ2) is 7.32. The van der Waals surface area contributed by atoms with Gasteiger partial charge in [-0.25, -0.2) is 0 Å². The summed E-state index contributed by atoms with van der Waals surface area (Å²) in [5.74, 6) is -0.423. The number of nitro benzene ring substituents is 1. The van der Waals surface area contributed by atoms with E-state index < -0.39 is 10.9 Å². The number of carbonyl (C=O) groups is 1. The lowest BCUT2D eigenvalue weighted by molar-refractivity contribution is -0.384. The zero-order chi connectivity index (χ0) is 15.1. The van der Waals surface area contributed by atoms with Gasteiger partial charge in [0, 0.05) is 12.5 Å². The standard InChI is InChI=1S/C13H18N2O5/c1-9(4-3-5-13(16)17)14-11-7-6-10(20-2)8-12(11)15(18)19/h6-9,14H,3-5H2,1-2H3,(H,16,17). The highest BCUT2D eigenvalue weighted by Gasteiger charge is 2.16. The molecular weight excluding hydrogens is 264 g/mol. The second-order valence-electron chi connectivity index (χ2n) is 4.47. The average Bonchev–Trinajstić information content (AvgIpc) is 2.38. The number of hydrogen-bond donors (Lipinski definition) is 2. The molecule has 20 heavy (non-hydrogen) atoms. The van der Waals surface area contributed by atoms with Gasteiger partial charge in [-0.2, -0.15) is 0 Å². The SMILES string of the molecule is COc1ccc(NC(C)CCCC(=O)O)c([N+](=O)[O-])c1. The lowest BCUT2D eigenvalue weighted by atomic mass is 10.1. The molecule has 0 bridgehead atoms. The van der Waals surface area contributed by atoms with Gasteiger partial charge in [0.1, 0.15) is 11.4 Å². The van der Waals surface area contributed by atoms with Crippen molar-refractivity contribution >= 4 is 17.3 Å². The van der Waals surface area contributed by atoms with Crippen LogP contribution in [0.2, 0.25) is 0 Å². The molecule has 1 aromatic carbocycles. The summed E-state index contributed by atoms with van der Waals surface area (Å²) in [6.45, 7) is 1.86. The Kier molecular flexibility index (Phi) is 5.76. The van der Waals surface area contributed by atoms with Gasteiger partial charge in [-0.3, -0.25) is 14.9 Å². The van der Waals surface area contributed by atoms with Gasteiger partial charge in [0.2, 0.25) is 0 Å². The Morgan fingerprint density at radius 3 is 2.80 bits per heavy atom. The van der Waals surface area contributed by atoms with E-state index in [-0.39, 0.29) is 18.2 Å². The van der Waals surface area contributed by atoms with Gasteiger partial charge in [0.15, 0.2) is 0 Å². The second-order valence-corrected chi connectivity index (χ2v) is 4.47. The molecule has 0 saturated carbocycles. The largest absolute Gasteiger partial charge is 0.496 e. The van der Waals surface area contributed by atoms with Gasteiger partial charge in [-0.1, -0.05) is 0 Å². The van der Waals surface area contributed by atoms with Crippen LogP contribution in [0.3, 0.4) is 0 Å². The van der Waals surface area contributed by atoms with Crippen molar-refractivity contribution in [1.82, 2.24) is 0 Å². The number of nitrogens with one attached hydrogen (secondary N) is 1. The Balaban J connectivity index is 2.71. The molecule has 0 spiro atoms. The normalized spacial score (nSPS) is 11.7. The molecule has 2 N–H and O–H groups in total. The summed E-state index contributed by atoms with van der Waals surface area (Å²) < 4.78 is 4.96. The van der Waals surface area contributed by atoms with Crippen LogP contribution in [0, 0.1) is 10.1 Å². The van der Waals surface area contributed by atoms with Crippen LogP contribution in [0.25, 0.3) is 0 Å². The van der Waals surface area contributed by atoms with E-state index >= 15 is 0 Å². The van der Waals surface area contributed by atoms with Crippen LogP contribution in [0.4, 0.5) is 11.4 Å². The number of carboxylic acid groups (broad SMARTS) is 1. The predicted octanol–water partition coefficient (Wildman–Crippen LogP) is 2.66. The van der Waals surface area contributed by atoms with Crippen molar-refractivity contribution in [3.63, 3.8) is 0 Å². The highest BCUT2D eigenvalue weighted by atomic mass is 16.6. The summed E-state index contributed by atoms with van der Waals surface area (Å²) in [6, 6.07) is 4.53. The number of methoxy groups -OCH3 is 1. The number of anilines is 1. The minimum Gasteiger partial charge on any atom is -0.496 e. The van der Waals surface area contributed by atoms with Crippen LogP contribution in [0.1, 0.15) is 26.2 Å². The number of benzene rings is 1. The highest BCUT2D eigenvalue weighted by Crippen LogP contribution is 2.29. The molecule has 1 atom stereocenters. The number of nitro groups is 1. The zero-order valence-electron chi connectivity index (χ0n) is 11.5. The molecular formula is C13H18N2O5. The van der Waals surface area contributed by atoms with E-state index in [4.69, 9.17) is 9.84 Å². The quantitative estimate of drug-likeness (QED) is 0.561. The van der Waals surface area contributed by atoms with Crippen molar-refractivity contribution in [2.24, 2.45) is 0 Å². The molecule has 1 unspecified atom stereocenters. The van der Waals surface area contributed by atoms with Crippen molar-refractivity contribution in [3.05, 3.63) is 28.3 Å². The third-order valence-electron chi connectivity index (χ3n) is 2.83. The topological polar surface area (TPSA) is 102 Å². The smallest absolute Gasteiger partial charge is 0.303 e. The first-order valence-electron chi connectivity index (χ1n) is 6.24. The zero-order valence-corrected chi connectivity index (χ0v) is 11.5. The first-order valence-corrected chi connectivity index (χ1v) is 6.24. The minimum absolute atomic E-state index is 0.0542. The monoisotopic (exact) mass is 282 g/mol. The molecule has 0 aliphatic carbocycles. The molecule has 0 amide bonds. The van der Waals surface area contributed by atoms with Gasteiger partial charge in [-0.15, -0.1) is 0 Å². The molecule has 0 heterocycles. The maximum Gasteiger partial charge on any atom is 0.303 e. The fraction of sp³-hybridized carbons (Fsp3) is 0.462. The van der Waals surface area contributed by atoms with Crippen LogP contribution < -0.4 is 10.1 Å². The van der Waals surface area contributed by atoms with Crippen LogP contribution >= 0.6 is 0 Å². The molecule has 0 aliphatic heterocycles. The maximum atomic E-state index is 11.0. The lowest BCUT2D eigenvalue weighted by Gasteiger charge is -2.15. The van der Waals surface area contributed by atoms with Crippen molar-refractivity contribution in [2.45, 2.75) is 32.2 Å². The Bertz CT molecular complexity index is 490. The number of ether oxygens (including phenoxy) is 1. The Labute approximate surface area is 116 Å². The highest BCUT2D eigenvalue weighted by molar-refractivity contribution is 5.66. The van der Waals surface area contributed by atoms with Crippen molar-refractivity contribution in [3.8, 4) is 5.75 Å². The molecule has 7 nitrogen and oxygen atoms in total. The van der Waals surface area contributed by atoms with Crippen LogP contribution in [-0.2, 0) is 4.79 Å². The Morgan fingerprint density at radius 1 is 1.55 bits per heavy atom. The van der Waals surface area contributed by atoms with Crippen molar-refractivity contribution < 1.29 is 19.6 Å². The number of hydrogen-bond acceptors (Lipinski definition) is 5. The first-order chi connectivity index (χ1) is 9.43. The molecule has 0 saturated heterocycles. The summed E-state index contributed by atoms with van der Waals surface area (Å²) in [7, 11) is 1.45. The lowest BCUT2D eigenvalue weighted by Crippen LogP contribution is -2.16. The fourth-order valence-corrected chi connectivity index (χ4v) is 1.81. The molecule has 110 valence electrons. The minimum atomic E-state index is -0.840. The van der Waals surface area contributed by atoms with Gasteiger partial charge in [0.25, 0.3) is 5.69 Å². The van der Waals surface area contributed by atoms with E-state index in [1.54, 1.807) is 12.1 Å². The Hall–Kier alpha value is -2.31. The molecule has 0 radical (unpaired) electrons. The van der Waals surface area contributed by atoms with E-state index in [1.807, 2.05) is 6.92 Å². The molecule has 1 rings (SSSR count). The van der Waals surface area contributed by atoms with Gasteiger partial charge < -0.3 is 15.2 Å². The van der Waals surface area contributed by atoms with E-state index in [0.717, 1.165) is 0 Å². The third kappa shape index (κ3) is 4.75. The summed E-state index contributed by atoms with van der Waals surface area (Å²) in [6.07, 6.45) is 1.24. The van der Waals surface area contributed by atoms with Crippen molar-refractivity contribution in [2.75, 3.05) is 12.4 Å². The first kappa shape index (κ1) is 15.7. The van der Waals surface area contributed by atoms with E-state index in [2.05, 4.69) is 5.32 Å². The van der Waals surface area contributed by atoms with Crippen LogP contribution in [0.5, 0.6) is 5.75 Å². The summed E-state index contributed by atoms with van der Waals surface area (Å²) >= 11 is 0. The summed E-state index contributed by atoms with van der Waals surface area (Å²) in [5, 5.41) is 22.6. The van der Waals surface area contributed by atoms with E-state index in [0.29, 0.717) is 24.3 Å². The number of nitrogens with zero attached hydrogens (tertiary/aromatic N) is 1. The van der Waals surface area contributed by atoms with E-state index in [1.165, 1.54) is 13.2 Å². The molecule has 1 aromatic rings. The molecule has 7 heteroatoms. The molecule has 0 aliphatic rings. The van der Waals surface area contributed by atoms with Crippen LogP contribution in [0.15, 0.2) is 18.2 Å².